The van der Waals surface area contributed by atoms with Gasteiger partial charge >= 0.3 is 0 Å². The summed E-state index contributed by atoms with van der Waals surface area (Å²) in [4.78, 5) is 0. The zero-order chi connectivity index (χ0) is 15.7. The zero-order valence-corrected chi connectivity index (χ0v) is 11.7. The number of rotatable bonds is 3. The van der Waals surface area contributed by atoms with Crippen LogP contribution in [0.2, 0.25) is 0 Å². The van der Waals surface area contributed by atoms with Crippen molar-refractivity contribution in [2.75, 3.05) is 6.61 Å². The lowest BCUT2D eigenvalue weighted by Gasteiger charge is -2.39. The first-order chi connectivity index (χ1) is 10.6. The average Bonchev–Trinajstić information content (AvgIpc) is 2.55. The normalized spacial score (nSPS) is 32.1. The maximum atomic E-state index is 9.95. The minimum absolute atomic E-state index is 0.461. The van der Waals surface area contributed by atoms with E-state index < -0.39 is 37.3 Å². The molecule has 1 aliphatic rings. The van der Waals surface area contributed by atoms with Crippen LogP contribution in [0.4, 0.5) is 0 Å². The van der Waals surface area contributed by atoms with E-state index in [2.05, 4.69) is 0 Å². The fraction of sp³-hybridized carbons (Fsp3) is 0.375. The second-order valence-electron chi connectivity index (χ2n) is 5.32. The molecule has 0 radical (unpaired) electrons. The van der Waals surface area contributed by atoms with Crippen LogP contribution in [0.1, 0.15) is 0 Å². The quantitative estimate of drug-likeness (QED) is 0.638. The number of aliphatic hydroxyl groups is 4. The highest BCUT2D eigenvalue weighted by Crippen LogP contribution is 2.26. The first kappa shape index (κ1) is 15.2. The van der Waals surface area contributed by atoms with Gasteiger partial charge in [-0.05, 0) is 22.9 Å². The van der Waals surface area contributed by atoms with Gasteiger partial charge in [0.1, 0.15) is 30.2 Å². The van der Waals surface area contributed by atoms with Gasteiger partial charge in [-0.15, -0.1) is 0 Å². The number of hydrogen-bond acceptors (Lipinski definition) is 6. The van der Waals surface area contributed by atoms with Crippen LogP contribution in [-0.2, 0) is 4.74 Å². The minimum atomic E-state index is -1.45. The average molecular weight is 306 g/mol. The summed E-state index contributed by atoms with van der Waals surface area (Å²) in [6, 6.07) is 13.1. The number of aliphatic hydroxyl groups excluding tert-OH is 4. The van der Waals surface area contributed by atoms with E-state index in [0.717, 1.165) is 10.8 Å². The van der Waals surface area contributed by atoms with E-state index in [1.165, 1.54) is 0 Å². The lowest BCUT2D eigenvalue weighted by molar-refractivity contribution is -0.277. The molecule has 0 spiro atoms. The number of fused-ring (bicyclic) bond motifs is 1. The molecular formula is C16H18O6. The zero-order valence-electron chi connectivity index (χ0n) is 11.7. The molecule has 1 saturated heterocycles. The van der Waals surface area contributed by atoms with Gasteiger partial charge in [-0.1, -0.05) is 30.3 Å². The minimum Gasteiger partial charge on any atom is -0.462 e. The molecule has 0 unspecified atom stereocenters. The van der Waals surface area contributed by atoms with Crippen LogP contribution in [-0.4, -0.2) is 57.7 Å². The Balaban J connectivity index is 1.80. The Bertz CT molecular complexity index is 643. The molecule has 22 heavy (non-hydrogen) atoms. The van der Waals surface area contributed by atoms with E-state index in [1.807, 2.05) is 30.3 Å². The molecular weight excluding hydrogens is 288 g/mol. The van der Waals surface area contributed by atoms with Gasteiger partial charge < -0.3 is 29.9 Å². The van der Waals surface area contributed by atoms with Crippen LogP contribution >= 0.6 is 0 Å². The molecule has 0 aliphatic carbocycles. The van der Waals surface area contributed by atoms with Crippen molar-refractivity contribution in [3.8, 4) is 5.75 Å². The van der Waals surface area contributed by atoms with Gasteiger partial charge in [-0.2, -0.15) is 0 Å². The molecule has 1 aliphatic heterocycles. The second-order valence-corrected chi connectivity index (χ2v) is 5.32. The van der Waals surface area contributed by atoms with Crippen LogP contribution in [0, 0.1) is 0 Å². The second kappa shape index (κ2) is 6.20. The van der Waals surface area contributed by atoms with Crippen molar-refractivity contribution >= 4 is 10.8 Å². The van der Waals surface area contributed by atoms with Gasteiger partial charge in [0.2, 0.25) is 6.29 Å². The van der Waals surface area contributed by atoms with Gasteiger partial charge in [0.25, 0.3) is 0 Å². The predicted octanol–water partition coefficient (Wildman–Crippen LogP) is 0.0185. The standard InChI is InChI=1S/C16H18O6/c17-8-12-13(18)14(19)15(20)16(22-12)21-11-6-5-9-3-1-2-4-10(9)7-11/h1-7,12-20H,8H2/t12-,13+,14-,15+,16-/m1/s1. The summed E-state index contributed by atoms with van der Waals surface area (Å²) in [5.74, 6) is 0.461. The fourth-order valence-electron chi connectivity index (χ4n) is 2.54. The first-order valence-corrected chi connectivity index (χ1v) is 7.06. The highest BCUT2D eigenvalue weighted by atomic mass is 16.7. The molecule has 6 heteroatoms. The smallest absolute Gasteiger partial charge is 0.229 e. The van der Waals surface area contributed by atoms with Crippen molar-refractivity contribution in [3.63, 3.8) is 0 Å². The summed E-state index contributed by atoms with van der Waals surface area (Å²) >= 11 is 0. The summed E-state index contributed by atoms with van der Waals surface area (Å²) in [5.41, 5.74) is 0. The highest BCUT2D eigenvalue weighted by molar-refractivity contribution is 5.83. The molecule has 6 nitrogen and oxygen atoms in total. The highest BCUT2D eigenvalue weighted by Gasteiger charge is 2.44. The van der Waals surface area contributed by atoms with Gasteiger partial charge in [0.15, 0.2) is 0 Å². The van der Waals surface area contributed by atoms with Crippen molar-refractivity contribution in [1.82, 2.24) is 0 Å². The first-order valence-electron chi connectivity index (χ1n) is 7.06. The van der Waals surface area contributed by atoms with E-state index in [-0.39, 0.29) is 0 Å². The van der Waals surface area contributed by atoms with E-state index in [9.17, 15) is 15.3 Å². The van der Waals surface area contributed by atoms with Crippen molar-refractivity contribution in [1.29, 1.82) is 0 Å². The summed E-state index contributed by atoms with van der Waals surface area (Å²) in [6.07, 6.45) is -6.40. The van der Waals surface area contributed by atoms with Crippen LogP contribution in [0.3, 0.4) is 0 Å². The van der Waals surface area contributed by atoms with Crippen molar-refractivity contribution < 1.29 is 29.9 Å². The molecule has 1 heterocycles. The van der Waals surface area contributed by atoms with Crippen molar-refractivity contribution in [2.24, 2.45) is 0 Å². The third kappa shape index (κ3) is 2.79. The summed E-state index contributed by atoms with van der Waals surface area (Å²) in [7, 11) is 0. The Morgan fingerprint density at radius 3 is 2.36 bits per heavy atom. The monoisotopic (exact) mass is 306 g/mol. The lowest BCUT2D eigenvalue weighted by Crippen LogP contribution is -2.60. The van der Waals surface area contributed by atoms with Crippen molar-refractivity contribution in [2.45, 2.75) is 30.7 Å². The van der Waals surface area contributed by atoms with Crippen LogP contribution in [0.15, 0.2) is 42.5 Å². The fourth-order valence-corrected chi connectivity index (χ4v) is 2.54. The molecule has 4 N–H and O–H groups in total. The van der Waals surface area contributed by atoms with Crippen LogP contribution in [0.25, 0.3) is 10.8 Å². The van der Waals surface area contributed by atoms with E-state index in [0.29, 0.717) is 5.75 Å². The topological polar surface area (TPSA) is 99.4 Å². The predicted molar refractivity (Wildman–Crippen MR) is 78.3 cm³/mol. The maximum Gasteiger partial charge on any atom is 0.229 e. The van der Waals surface area contributed by atoms with Crippen LogP contribution in [0.5, 0.6) is 5.75 Å². The van der Waals surface area contributed by atoms with E-state index >= 15 is 0 Å². The Morgan fingerprint density at radius 2 is 1.64 bits per heavy atom. The molecule has 3 rings (SSSR count). The molecule has 0 saturated carbocycles. The molecule has 118 valence electrons. The largest absolute Gasteiger partial charge is 0.462 e. The third-order valence-corrected chi connectivity index (χ3v) is 3.82. The molecule has 0 aromatic heterocycles. The van der Waals surface area contributed by atoms with Gasteiger partial charge in [0, 0.05) is 0 Å². The number of ether oxygens (including phenoxy) is 2. The van der Waals surface area contributed by atoms with E-state index in [1.54, 1.807) is 12.1 Å². The molecule has 2 aromatic carbocycles. The van der Waals surface area contributed by atoms with Crippen molar-refractivity contribution in [3.05, 3.63) is 42.5 Å². The Hall–Kier alpha value is -1.70. The summed E-state index contributed by atoms with van der Waals surface area (Å²) in [5, 5.41) is 40.6. The third-order valence-electron chi connectivity index (χ3n) is 3.82. The number of benzene rings is 2. The molecule has 5 atom stereocenters. The maximum absolute atomic E-state index is 9.95. The molecule has 2 aromatic rings. The summed E-state index contributed by atoms with van der Waals surface area (Å²) < 4.78 is 10.9. The van der Waals surface area contributed by atoms with Gasteiger partial charge in [0.05, 0.1) is 6.61 Å². The van der Waals surface area contributed by atoms with Crippen LogP contribution < -0.4 is 4.74 Å². The Morgan fingerprint density at radius 1 is 0.909 bits per heavy atom. The summed E-state index contributed by atoms with van der Waals surface area (Å²) in [6.45, 7) is -0.484. The lowest BCUT2D eigenvalue weighted by atomic mass is 9.99. The molecule has 0 amide bonds. The molecule has 1 fully saturated rings. The Kier molecular flexibility index (Phi) is 4.28. The van der Waals surface area contributed by atoms with Gasteiger partial charge in [-0.25, -0.2) is 0 Å². The van der Waals surface area contributed by atoms with Gasteiger partial charge in [-0.3, -0.25) is 0 Å². The van der Waals surface area contributed by atoms with E-state index in [4.69, 9.17) is 14.6 Å². The Labute approximate surface area is 127 Å². The molecule has 0 bridgehead atoms. The number of hydrogen-bond donors (Lipinski definition) is 4. The SMILES string of the molecule is OC[C@H]1O[C@@H](Oc2ccc3ccccc3c2)[C@@H](O)[C@H](O)[C@H]1O.